The summed E-state index contributed by atoms with van der Waals surface area (Å²) in [4.78, 5) is 10.9. The minimum atomic E-state index is -0.831. The average molecular weight is 213 g/mol. The molecule has 1 aliphatic carbocycles. The molecule has 0 heterocycles. The SMILES string of the molecule is CC(C)COC(=N)C1[C@@H](C(=O)O)C1(C)C. The highest BCUT2D eigenvalue weighted by atomic mass is 16.5. The zero-order valence-corrected chi connectivity index (χ0v) is 9.70. The molecule has 0 aromatic heterocycles. The molecule has 0 saturated heterocycles. The van der Waals surface area contributed by atoms with E-state index in [-0.39, 0.29) is 17.2 Å². The number of ether oxygens (including phenoxy) is 1. The standard InChI is InChI=1S/C11H19NO3/c1-6(2)5-15-9(12)7-8(10(13)14)11(7,3)4/h6-8,12H,5H2,1-4H3,(H,13,14)/t7?,8-/m0/s1. The zero-order valence-electron chi connectivity index (χ0n) is 9.70. The molecule has 15 heavy (non-hydrogen) atoms. The van der Waals surface area contributed by atoms with Crippen LogP contribution in [0.25, 0.3) is 0 Å². The van der Waals surface area contributed by atoms with Gasteiger partial charge in [0.05, 0.1) is 18.4 Å². The van der Waals surface area contributed by atoms with Crippen molar-refractivity contribution in [2.24, 2.45) is 23.2 Å². The second kappa shape index (κ2) is 3.83. The Bertz CT molecular complexity index is 284. The van der Waals surface area contributed by atoms with Crippen LogP contribution in [-0.4, -0.2) is 23.6 Å². The normalized spacial score (nSPS) is 27.5. The van der Waals surface area contributed by atoms with Crippen LogP contribution in [0.15, 0.2) is 0 Å². The second-order valence-corrected chi connectivity index (χ2v) is 5.18. The van der Waals surface area contributed by atoms with Gasteiger partial charge in [0.25, 0.3) is 0 Å². The Labute approximate surface area is 90.1 Å². The van der Waals surface area contributed by atoms with Gasteiger partial charge in [0.15, 0.2) is 5.90 Å². The van der Waals surface area contributed by atoms with Crippen molar-refractivity contribution in [3.05, 3.63) is 0 Å². The van der Waals surface area contributed by atoms with Crippen molar-refractivity contribution >= 4 is 11.9 Å². The van der Waals surface area contributed by atoms with Crippen LogP contribution < -0.4 is 0 Å². The van der Waals surface area contributed by atoms with Crippen LogP contribution in [0.3, 0.4) is 0 Å². The van der Waals surface area contributed by atoms with E-state index in [1.54, 1.807) is 0 Å². The lowest BCUT2D eigenvalue weighted by Crippen LogP contribution is -2.14. The first kappa shape index (κ1) is 12.0. The van der Waals surface area contributed by atoms with Crippen molar-refractivity contribution in [1.82, 2.24) is 0 Å². The van der Waals surface area contributed by atoms with Gasteiger partial charge in [-0.15, -0.1) is 0 Å². The number of carbonyl (C=O) groups is 1. The summed E-state index contributed by atoms with van der Waals surface area (Å²) >= 11 is 0. The number of hydrogen-bond donors (Lipinski definition) is 2. The van der Waals surface area contributed by atoms with E-state index < -0.39 is 11.9 Å². The van der Waals surface area contributed by atoms with Crippen LogP contribution in [0.2, 0.25) is 0 Å². The fourth-order valence-corrected chi connectivity index (χ4v) is 1.93. The monoisotopic (exact) mass is 213 g/mol. The third-order valence-electron chi connectivity index (χ3n) is 2.95. The van der Waals surface area contributed by atoms with Gasteiger partial charge < -0.3 is 9.84 Å². The molecule has 0 spiro atoms. The molecule has 0 aromatic carbocycles. The molecule has 1 fully saturated rings. The fraction of sp³-hybridized carbons (Fsp3) is 0.818. The highest BCUT2D eigenvalue weighted by molar-refractivity contribution is 5.90. The van der Waals surface area contributed by atoms with Crippen LogP contribution >= 0.6 is 0 Å². The van der Waals surface area contributed by atoms with E-state index in [1.807, 2.05) is 27.7 Å². The Morgan fingerprint density at radius 2 is 2.00 bits per heavy atom. The Hall–Kier alpha value is -1.06. The van der Waals surface area contributed by atoms with Crippen molar-refractivity contribution in [2.45, 2.75) is 27.7 Å². The van der Waals surface area contributed by atoms with Crippen molar-refractivity contribution in [3.8, 4) is 0 Å². The molecule has 0 radical (unpaired) electrons. The van der Waals surface area contributed by atoms with Crippen molar-refractivity contribution in [3.63, 3.8) is 0 Å². The third kappa shape index (κ3) is 2.30. The molecule has 1 rings (SSSR count). The van der Waals surface area contributed by atoms with Crippen LogP contribution in [0, 0.1) is 28.6 Å². The summed E-state index contributed by atoms with van der Waals surface area (Å²) in [7, 11) is 0. The van der Waals surface area contributed by atoms with E-state index in [9.17, 15) is 4.79 Å². The Kier molecular flexibility index (Phi) is 3.07. The van der Waals surface area contributed by atoms with Crippen molar-refractivity contribution in [2.75, 3.05) is 6.61 Å². The van der Waals surface area contributed by atoms with E-state index in [0.717, 1.165) is 0 Å². The quantitative estimate of drug-likeness (QED) is 0.554. The first-order valence-electron chi connectivity index (χ1n) is 5.22. The van der Waals surface area contributed by atoms with Crippen molar-refractivity contribution < 1.29 is 14.6 Å². The van der Waals surface area contributed by atoms with Crippen LogP contribution in [0.1, 0.15) is 27.7 Å². The predicted molar refractivity (Wildman–Crippen MR) is 56.9 cm³/mol. The molecular formula is C11H19NO3. The van der Waals surface area contributed by atoms with Gasteiger partial charge in [-0.25, -0.2) is 0 Å². The maximum absolute atomic E-state index is 10.9. The molecule has 0 aromatic rings. The third-order valence-corrected chi connectivity index (χ3v) is 2.95. The summed E-state index contributed by atoms with van der Waals surface area (Å²) in [6, 6.07) is 0. The average Bonchev–Trinajstić information content (AvgIpc) is 2.65. The molecule has 1 saturated carbocycles. The lowest BCUT2D eigenvalue weighted by atomic mass is 10.1. The number of rotatable bonds is 4. The van der Waals surface area contributed by atoms with Crippen LogP contribution in [-0.2, 0) is 9.53 Å². The maximum Gasteiger partial charge on any atom is 0.307 e. The summed E-state index contributed by atoms with van der Waals surface area (Å²) in [6.45, 7) is 8.21. The molecule has 0 bridgehead atoms. The molecule has 4 nitrogen and oxygen atoms in total. The molecule has 2 N–H and O–H groups in total. The number of carboxylic acids is 1. The van der Waals surface area contributed by atoms with Gasteiger partial charge in [-0.1, -0.05) is 27.7 Å². The molecule has 0 amide bonds. The summed E-state index contributed by atoms with van der Waals surface area (Å²) in [5.41, 5.74) is -0.333. The van der Waals surface area contributed by atoms with Crippen LogP contribution in [0.5, 0.6) is 0 Å². The van der Waals surface area contributed by atoms with Gasteiger partial charge in [-0.05, 0) is 11.3 Å². The summed E-state index contributed by atoms with van der Waals surface area (Å²) < 4.78 is 5.26. The first-order chi connectivity index (χ1) is 6.78. The largest absolute Gasteiger partial charge is 0.481 e. The number of carboxylic acid groups (broad SMARTS) is 1. The van der Waals surface area contributed by atoms with Gasteiger partial charge in [0.1, 0.15) is 0 Å². The number of nitrogens with one attached hydrogen (secondary N) is 1. The summed E-state index contributed by atoms with van der Waals surface area (Å²) in [6.07, 6.45) is 0. The van der Waals surface area contributed by atoms with Gasteiger partial charge in [-0.3, -0.25) is 10.2 Å². The van der Waals surface area contributed by atoms with E-state index in [1.165, 1.54) is 0 Å². The molecule has 86 valence electrons. The maximum atomic E-state index is 10.9. The highest BCUT2D eigenvalue weighted by Gasteiger charge is 2.65. The van der Waals surface area contributed by atoms with Crippen LogP contribution in [0.4, 0.5) is 0 Å². The predicted octanol–water partition coefficient (Wildman–Crippen LogP) is 1.99. The van der Waals surface area contributed by atoms with E-state index in [2.05, 4.69) is 0 Å². The molecule has 2 atom stereocenters. The van der Waals surface area contributed by atoms with E-state index in [4.69, 9.17) is 15.3 Å². The minimum Gasteiger partial charge on any atom is -0.481 e. The van der Waals surface area contributed by atoms with Gasteiger partial charge in [0.2, 0.25) is 0 Å². The summed E-state index contributed by atoms with van der Waals surface area (Å²) in [5, 5.41) is 16.6. The smallest absolute Gasteiger partial charge is 0.307 e. The molecule has 1 unspecified atom stereocenters. The van der Waals surface area contributed by atoms with Gasteiger partial charge in [0, 0.05) is 0 Å². The second-order valence-electron chi connectivity index (χ2n) is 5.18. The Morgan fingerprint density at radius 3 is 2.33 bits per heavy atom. The molecule has 4 heteroatoms. The number of hydrogen-bond acceptors (Lipinski definition) is 3. The first-order valence-corrected chi connectivity index (χ1v) is 5.22. The van der Waals surface area contributed by atoms with Gasteiger partial charge in [-0.2, -0.15) is 0 Å². The highest BCUT2D eigenvalue weighted by Crippen LogP contribution is 2.58. The molecule has 1 aliphatic rings. The van der Waals surface area contributed by atoms with E-state index >= 15 is 0 Å². The lowest BCUT2D eigenvalue weighted by molar-refractivity contribution is -0.139. The minimum absolute atomic E-state index is 0.126. The number of aliphatic carboxylic acids is 1. The topological polar surface area (TPSA) is 70.4 Å². The van der Waals surface area contributed by atoms with Crippen molar-refractivity contribution in [1.29, 1.82) is 5.41 Å². The Morgan fingerprint density at radius 1 is 1.47 bits per heavy atom. The van der Waals surface area contributed by atoms with Gasteiger partial charge >= 0.3 is 5.97 Å². The zero-order chi connectivity index (χ0) is 11.8. The van der Waals surface area contributed by atoms with E-state index in [0.29, 0.717) is 12.5 Å². The Balaban J connectivity index is 2.53. The summed E-state index contributed by atoms with van der Waals surface area (Å²) in [5.74, 6) is -1.06. The lowest BCUT2D eigenvalue weighted by Gasteiger charge is -2.10. The molecular weight excluding hydrogens is 194 g/mol. The fourth-order valence-electron chi connectivity index (χ4n) is 1.93. The molecule has 0 aliphatic heterocycles.